The van der Waals surface area contributed by atoms with Gasteiger partial charge in [-0.2, -0.15) is 5.26 Å². The molecule has 162 valence electrons. The molecule has 1 N–H and O–H groups in total. The third-order valence-electron chi connectivity index (χ3n) is 5.00. The summed E-state index contributed by atoms with van der Waals surface area (Å²) in [5.74, 6) is 0.177. The lowest BCUT2D eigenvalue weighted by Crippen LogP contribution is -2.13. The van der Waals surface area contributed by atoms with Crippen LogP contribution in [0.5, 0.6) is 5.75 Å². The van der Waals surface area contributed by atoms with Crippen LogP contribution in [0.3, 0.4) is 0 Å². The van der Waals surface area contributed by atoms with Gasteiger partial charge in [0.1, 0.15) is 24.0 Å². The summed E-state index contributed by atoms with van der Waals surface area (Å²) >= 11 is 9.39. The molecular weight excluding hydrogens is 500 g/mol. The molecule has 4 rings (SSSR count). The number of hydrogen-bond acceptors (Lipinski definition) is 3. The molecule has 0 atom stereocenters. The van der Waals surface area contributed by atoms with Gasteiger partial charge in [0.05, 0.1) is 4.47 Å². The normalized spacial score (nSPS) is 11.1. The van der Waals surface area contributed by atoms with Crippen molar-refractivity contribution in [2.75, 3.05) is 5.32 Å². The van der Waals surface area contributed by atoms with E-state index in [-0.39, 0.29) is 5.57 Å². The predicted molar refractivity (Wildman–Crippen MR) is 136 cm³/mol. The standard InChI is InChI=1S/C27H18BrClN2O2/c28-25-15-18(14-21(16-30)27(32)31-23-11-9-22(29)10-12-23)8-13-26(25)33-17-20-6-3-5-19-4-1-2-7-24(19)20/h1-15H,17H2,(H,31,32)/b21-14-. The monoisotopic (exact) mass is 516 g/mol. The quantitative estimate of drug-likeness (QED) is 0.214. The Morgan fingerprint density at radius 3 is 2.55 bits per heavy atom. The van der Waals surface area contributed by atoms with Crippen molar-refractivity contribution in [3.05, 3.63) is 111 Å². The second-order valence-corrected chi connectivity index (χ2v) is 8.54. The summed E-state index contributed by atoms with van der Waals surface area (Å²) in [6, 6.07) is 28.4. The molecule has 0 bridgehead atoms. The van der Waals surface area contributed by atoms with E-state index in [4.69, 9.17) is 16.3 Å². The highest BCUT2D eigenvalue weighted by molar-refractivity contribution is 9.10. The molecule has 0 radical (unpaired) electrons. The number of carbonyl (C=O) groups is 1. The van der Waals surface area contributed by atoms with Crippen molar-refractivity contribution in [1.29, 1.82) is 5.26 Å². The van der Waals surface area contributed by atoms with Crippen LogP contribution in [0.4, 0.5) is 5.69 Å². The van der Waals surface area contributed by atoms with Crippen LogP contribution in [0.15, 0.2) is 95.0 Å². The topological polar surface area (TPSA) is 62.1 Å². The SMILES string of the molecule is N#C/C(=C/c1ccc(OCc2cccc3ccccc23)c(Br)c1)C(=O)Nc1ccc(Cl)cc1. The van der Waals surface area contributed by atoms with Crippen LogP contribution in [-0.4, -0.2) is 5.91 Å². The maximum Gasteiger partial charge on any atom is 0.266 e. The summed E-state index contributed by atoms with van der Waals surface area (Å²) in [6.07, 6.45) is 1.53. The highest BCUT2D eigenvalue weighted by Gasteiger charge is 2.11. The van der Waals surface area contributed by atoms with E-state index < -0.39 is 5.91 Å². The molecular formula is C27H18BrClN2O2. The fourth-order valence-corrected chi connectivity index (χ4v) is 3.98. The van der Waals surface area contributed by atoms with Crippen molar-refractivity contribution < 1.29 is 9.53 Å². The Balaban J connectivity index is 1.48. The molecule has 0 aliphatic rings. The minimum absolute atomic E-state index is 0.0127. The zero-order valence-electron chi connectivity index (χ0n) is 17.4. The first-order chi connectivity index (χ1) is 16.0. The lowest BCUT2D eigenvalue weighted by molar-refractivity contribution is -0.112. The summed E-state index contributed by atoms with van der Waals surface area (Å²) in [5, 5.41) is 15.0. The number of fused-ring (bicyclic) bond motifs is 1. The molecule has 0 saturated carbocycles. The number of hydrogen-bond donors (Lipinski definition) is 1. The Bertz CT molecular complexity index is 1390. The molecule has 33 heavy (non-hydrogen) atoms. The zero-order chi connectivity index (χ0) is 23.2. The second kappa shape index (κ2) is 10.4. The van der Waals surface area contributed by atoms with Crippen molar-refractivity contribution in [1.82, 2.24) is 0 Å². The van der Waals surface area contributed by atoms with Crippen LogP contribution in [0, 0.1) is 11.3 Å². The van der Waals surface area contributed by atoms with Gasteiger partial charge in [0.15, 0.2) is 0 Å². The molecule has 0 heterocycles. The fourth-order valence-electron chi connectivity index (χ4n) is 3.34. The van der Waals surface area contributed by atoms with Gasteiger partial charge in [-0.3, -0.25) is 4.79 Å². The molecule has 0 aromatic heterocycles. The highest BCUT2D eigenvalue weighted by Crippen LogP contribution is 2.29. The number of amides is 1. The minimum atomic E-state index is -0.493. The smallest absolute Gasteiger partial charge is 0.266 e. The van der Waals surface area contributed by atoms with E-state index in [9.17, 15) is 10.1 Å². The van der Waals surface area contributed by atoms with Gasteiger partial charge in [-0.15, -0.1) is 0 Å². The van der Waals surface area contributed by atoms with Gasteiger partial charge in [-0.1, -0.05) is 60.1 Å². The van der Waals surface area contributed by atoms with Gasteiger partial charge in [-0.05, 0) is 80.3 Å². The van der Waals surface area contributed by atoms with Crippen LogP contribution in [0.2, 0.25) is 5.02 Å². The van der Waals surface area contributed by atoms with Gasteiger partial charge in [-0.25, -0.2) is 0 Å². The van der Waals surface area contributed by atoms with Crippen LogP contribution in [0.1, 0.15) is 11.1 Å². The zero-order valence-corrected chi connectivity index (χ0v) is 19.7. The first kappa shape index (κ1) is 22.6. The number of carbonyl (C=O) groups excluding carboxylic acids is 1. The van der Waals surface area contributed by atoms with Crippen molar-refractivity contribution in [2.24, 2.45) is 0 Å². The average Bonchev–Trinajstić information content (AvgIpc) is 2.83. The number of ether oxygens (including phenoxy) is 1. The Hall–Kier alpha value is -3.59. The summed E-state index contributed by atoms with van der Waals surface area (Å²) in [7, 11) is 0. The number of anilines is 1. The van der Waals surface area contributed by atoms with Crippen LogP contribution in [0.25, 0.3) is 16.8 Å². The van der Waals surface area contributed by atoms with E-state index in [1.165, 1.54) is 11.5 Å². The maximum absolute atomic E-state index is 12.5. The summed E-state index contributed by atoms with van der Waals surface area (Å²) in [4.78, 5) is 12.5. The molecule has 0 aliphatic carbocycles. The number of rotatable bonds is 6. The summed E-state index contributed by atoms with van der Waals surface area (Å²) in [5.41, 5.74) is 2.34. The number of nitrogens with zero attached hydrogens (tertiary/aromatic N) is 1. The van der Waals surface area contributed by atoms with Crippen LogP contribution < -0.4 is 10.1 Å². The molecule has 4 aromatic rings. The van der Waals surface area contributed by atoms with Crippen molar-refractivity contribution in [2.45, 2.75) is 6.61 Å². The Kier molecular flexibility index (Phi) is 7.09. The van der Waals surface area contributed by atoms with E-state index >= 15 is 0 Å². The highest BCUT2D eigenvalue weighted by atomic mass is 79.9. The van der Waals surface area contributed by atoms with Crippen molar-refractivity contribution in [3.8, 4) is 11.8 Å². The van der Waals surface area contributed by atoms with Crippen LogP contribution in [-0.2, 0) is 11.4 Å². The molecule has 0 fully saturated rings. The lowest BCUT2D eigenvalue weighted by atomic mass is 10.1. The largest absolute Gasteiger partial charge is 0.488 e. The lowest BCUT2D eigenvalue weighted by Gasteiger charge is -2.11. The Morgan fingerprint density at radius 2 is 1.79 bits per heavy atom. The molecule has 6 heteroatoms. The van der Waals surface area contributed by atoms with E-state index in [0.29, 0.717) is 28.6 Å². The van der Waals surface area contributed by atoms with Gasteiger partial charge < -0.3 is 10.1 Å². The first-order valence-electron chi connectivity index (χ1n) is 10.1. The number of benzene rings is 4. The summed E-state index contributed by atoms with van der Waals surface area (Å²) < 4.78 is 6.76. The van der Waals surface area contributed by atoms with E-state index in [1.807, 2.05) is 42.5 Å². The van der Waals surface area contributed by atoms with Gasteiger partial charge in [0, 0.05) is 10.7 Å². The van der Waals surface area contributed by atoms with Gasteiger partial charge in [0.25, 0.3) is 5.91 Å². The summed E-state index contributed by atoms with van der Waals surface area (Å²) in [6.45, 7) is 0.419. The number of nitrogens with one attached hydrogen (secondary N) is 1. The maximum atomic E-state index is 12.5. The number of halogens is 2. The molecule has 0 unspecified atom stereocenters. The van der Waals surface area contributed by atoms with E-state index in [0.717, 1.165) is 15.4 Å². The van der Waals surface area contributed by atoms with Crippen molar-refractivity contribution in [3.63, 3.8) is 0 Å². The predicted octanol–water partition coefficient (Wildman–Crippen LogP) is 7.38. The van der Waals surface area contributed by atoms with Gasteiger partial charge in [0.2, 0.25) is 0 Å². The van der Waals surface area contributed by atoms with Crippen LogP contribution >= 0.6 is 27.5 Å². The molecule has 0 spiro atoms. The first-order valence-corrected chi connectivity index (χ1v) is 11.3. The third-order valence-corrected chi connectivity index (χ3v) is 5.87. The molecule has 0 aliphatic heterocycles. The molecule has 1 amide bonds. The fraction of sp³-hybridized carbons (Fsp3) is 0.0370. The molecule has 4 nitrogen and oxygen atoms in total. The molecule has 4 aromatic carbocycles. The average molecular weight is 518 g/mol. The number of nitriles is 1. The van der Waals surface area contributed by atoms with Gasteiger partial charge >= 0.3 is 0 Å². The van der Waals surface area contributed by atoms with Crippen molar-refractivity contribution >= 4 is 56.0 Å². The van der Waals surface area contributed by atoms with E-state index in [1.54, 1.807) is 30.3 Å². The second-order valence-electron chi connectivity index (χ2n) is 7.25. The molecule has 0 saturated heterocycles. The third kappa shape index (κ3) is 5.61. The minimum Gasteiger partial charge on any atom is -0.488 e. The Morgan fingerprint density at radius 1 is 1.03 bits per heavy atom. The van der Waals surface area contributed by atoms with E-state index in [2.05, 4.69) is 39.4 Å². The Labute approximate surface area is 205 Å².